The second-order valence-electron chi connectivity index (χ2n) is 5.13. The van der Waals surface area contributed by atoms with E-state index in [2.05, 4.69) is 25.7 Å². The summed E-state index contributed by atoms with van der Waals surface area (Å²) in [5.74, 6) is 1.62. The molecule has 0 aliphatic rings. The van der Waals surface area contributed by atoms with Crippen molar-refractivity contribution in [1.82, 2.24) is 25.0 Å². The maximum atomic E-state index is 12.1. The molecule has 1 amide bonds. The second kappa shape index (κ2) is 7.79. The number of furan rings is 1. The Morgan fingerprint density at radius 2 is 2.16 bits per heavy atom. The zero-order chi connectivity index (χ0) is 17.8. The first-order chi connectivity index (χ1) is 12.1. The van der Waals surface area contributed by atoms with E-state index < -0.39 is 0 Å². The number of hydrogen-bond donors (Lipinski definition) is 1. The Kier molecular flexibility index (Phi) is 5.49. The molecule has 0 saturated heterocycles. The van der Waals surface area contributed by atoms with Gasteiger partial charge in [-0.3, -0.25) is 10.1 Å². The quantitative estimate of drug-likeness (QED) is 0.631. The molecule has 0 radical (unpaired) electrons. The van der Waals surface area contributed by atoms with Crippen molar-refractivity contribution in [2.24, 2.45) is 0 Å². The molecule has 25 heavy (non-hydrogen) atoms. The van der Waals surface area contributed by atoms with Crippen LogP contribution in [-0.2, 0) is 17.8 Å². The number of hydrogen-bond acceptors (Lipinski definition) is 8. The molecule has 3 aromatic rings. The molecule has 3 aromatic heterocycles. The third-order valence-electron chi connectivity index (χ3n) is 3.48. The van der Waals surface area contributed by atoms with Crippen LogP contribution in [0.4, 0.5) is 5.13 Å². The van der Waals surface area contributed by atoms with Gasteiger partial charge in [0.25, 0.3) is 0 Å². The number of nitrogens with zero attached hydrogens (tertiary/aromatic N) is 5. The smallest absolute Gasteiger partial charge is 0.236 e. The molecule has 3 heterocycles. The summed E-state index contributed by atoms with van der Waals surface area (Å²) in [7, 11) is 0. The number of rotatable bonds is 7. The first-order valence-electron chi connectivity index (χ1n) is 7.85. The van der Waals surface area contributed by atoms with Crippen molar-refractivity contribution in [2.75, 3.05) is 11.1 Å². The third-order valence-corrected chi connectivity index (χ3v) is 5.43. The summed E-state index contributed by atoms with van der Waals surface area (Å²) in [5.41, 5.74) is 0.909. The highest BCUT2D eigenvalue weighted by atomic mass is 32.2. The fourth-order valence-corrected chi connectivity index (χ4v) is 3.73. The van der Waals surface area contributed by atoms with E-state index >= 15 is 0 Å². The normalized spacial score (nSPS) is 11.0. The van der Waals surface area contributed by atoms with Gasteiger partial charge in [-0.15, -0.1) is 20.4 Å². The van der Waals surface area contributed by atoms with E-state index in [0.29, 0.717) is 16.8 Å². The molecule has 132 valence electrons. The van der Waals surface area contributed by atoms with Gasteiger partial charge in [0.2, 0.25) is 11.0 Å². The van der Waals surface area contributed by atoms with Gasteiger partial charge >= 0.3 is 0 Å². The van der Waals surface area contributed by atoms with Gasteiger partial charge in [-0.25, -0.2) is 0 Å². The molecule has 0 bridgehead atoms. The molecule has 0 aliphatic carbocycles. The van der Waals surface area contributed by atoms with Gasteiger partial charge in [-0.05, 0) is 26.3 Å². The lowest BCUT2D eigenvalue weighted by Crippen LogP contribution is -2.14. The number of aryl methyl sites for hydroxylation is 2. The van der Waals surface area contributed by atoms with E-state index in [1.165, 1.54) is 23.1 Å². The predicted molar refractivity (Wildman–Crippen MR) is 96.8 cm³/mol. The summed E-state index contributed by atoms with van der Waals surface area (Å²) >= 11 is 2.73. The molecule has 0 unspecified atom stereocenters. The van der Waals surface area contributed by atoms with Crippen LogP contribution in [0.1, 0.15) is 24.6 Å². The summed E-state index contributed by atoms with van der Waals surface area (Å²) in [4.78, 5) is 12.1. The van der Waals surface area contributed by atoms with Crippen molar-refractivity contribution in [3.63, 3.8) is 0 Å². The Morgan fingerprint density at radius 1 is 1.32 bits per heavy atom. The van der Waals surface area contributed by atoms with Gasteiger partial charge in [-0.2, -0.15) is 0 Å². The molecular weight excluding hydrogens is 360 g/mol. The highest BCUT2D eigenvalue weighted by Crippen LogP contribution is 2.27. The van der Waals surface area contributed by atoms with Crippen LogP contribution in [0, 0.1) is 6.92 Å². The molecule has 0 aromatic carbocycles. The number of thioether (sulfide) groups is 1. The summed E-state index contributed by atoms with van der Waals surface area (Å²) in [6.45, 7) is 6.60. The molecular formula is C15H18N6O2S2. The fourth-order valence-electron chi connectivity index (χ4n) is 2.23. The highest BCUT2D eigenvalue weighted by molar-refractivity contribution is 7.99. The molecule has 0 spiro atoms. The van der Waals surface area contributed by atoms with Gasteiger partial charge in [0.1, 0.15) is 10.8 Å². The standard InChI is InChI=1S/C15H18N6O2S2/c1-4-12-17-19-14(25-12)16-11(22)8-24-15-20-18-13(21(15)5-2)10-6-7-23-9(10)3/h6-7H,4-5,8H2,1-3H3,(H,16,19,22). The van der Waals surface area contributed by atoms with Crippen LogP contribution in [0.3, 0.4) is 0 Å². The average Bonchev–Trinajstić information content (AvgIpc) is 3.31. The summed E-state index contributed by atoms with van der Waals surface area (Å²) in [5, 5.41) is 21.3. The SMILES string of the molecule is CCc1nnc(NC(=O)CSc2nnc(-c3ccoc3C)n2CC)s1. The van der Waals surface area contributed by atoms with Crippen LogP contribution >= 0.6 is 23.1 Å². The summed E-state index contributed by atoms with van der Waals surface area (Å²) in [6, 6.07) is 1.87. The van der Waals surface area contributed by atoms with Gasteiger partial charge in [0, 0.05) is 6.54 Å². The number of amides is 1. The molecule has 0 fully saturated rings. The Bertz CT molecular complexity index is 869. The van der Waals surface area contributed by atoms with Crippen LogP contribution in [0.2, 0.25) is 0 Å². The molecule has 10 heteroatoms. The molecule has 0 saturated carbocycles. The maximum absolute atomic E-state index is 12.1. The van der Waals surface area contributed by atoms with Crippen LogP contribution in [0.15, 0.2) is 21.9 Å². The van der Waals surface area contributed by atoms with Crippen LogP contribution in [0.5, 0.6) is 0 Å². The lowest BCUT2D eigenvalue weighted by Gasteiger charge is -2.06. The lowest BCUT2D eigenvalue weighted by atomic mass is 10.2. The minimum Gasteiger partial charge on any atom is -0.469 e. The van der Waals surface area contributed by atoms with Crippen molar-refractivity contribution in [2.45, 2.75) is 38.9 Å². The number of carbonyl (C=O) groups excluding carboxylic acids is 1. The molecule has 1 N–H and O–H groups in total. The van der Waals surface area contributed by atoms with Crippen molar-refractivity contribution >= 4 is 34.1 Å². The zero-order valence-electron chi connectivity index (χ0n) is 14.1. The number of aromatic nitrogens is 5. The summed E-state index contributed by atoms with van der Waals surface area (Å²) in [6.07, 6.45) is 2.43. The predicted octanol–water partition coefficient (Wildman–Crippen LogP) is 3.01. The Hall–Kier alpha value is -2.20. The van der Waals surface area contributed by atoms with Crippen molar-refractivity contribution < 1.29 is 9.21 Å². The Labute approximate surface area is 153 Å². The second-order valence-corrected chi connectivity index (χ2v) is 7.14. The lowest BCUT2D eigenvalue weighted by molar-refractivity contribution is -0.113. The summed E-state index contributed by atoms with van der Waals surface area (Å²) < 4.78 is 7.31. The maximum Gasteiger partial charge on any atom is 0.236 e. The van der Waals surface area contributed by atoms with E-state index in [1.54, 1.807) is 6.26 Å². The first-order valence-corrected chi connectivity index (χ1v) is 9.65. The topological polar surface area (TPSA) is 98.7 Å². The van der Waals surface area contributed by atoms with Crippen molar-refractivity contribution in [3.8, 4) is 11.4 Å². The molecule has 3 rings (SSSR count). The number of carbonyl (C=O) groups is 1. The van der Waals surface area contributed by atoms with E-state index in [1.807, 2.05) is 31.4 Å². The first kappa shape index (κ1) is 17.6. The number of anilines is 1. The van der Waals surface area contributed by atoms with E-state index in [0.717, 1.165) is 28.6 Å². The molecule has 0 aliphatic heterocycles. The monoisotopic (exact) mass is 378 g/mol. The number of nitrogens with one attached hydrogen (secondary N) is 1. The van der Waals surface area contributed by atoms with Crippen molar-refractivity contribution in [1.29, 1.82) is 0 Å². The van der Waals surface area contributed by atoms with Gasteiger partial charge in [0.15, 0.2) is 11.0 Å². The highest BCUT2D eigenvalue weighted by Gasteiger charge is 2.17. The minimum absolute atomic E-state index is 0.143. The van der Waals surface area contributed by atoms with E-state index in [9.17, 15) is 4.79 Å². The third kappa shape index (κ3) is 3.90. The molecule has 0 atom stereocenters. The van der Waals surface area contributed by atoms with Gasteiger partial charge in [-0.1, -0.05) is 30.0 Å². The van der Waals surface area contributed by atoms with Gasteiger partial charge in [0.05, 0.1) is 17.6 Å². The average molecular weight is 378 g/mol. The Morgan fingerprint density at radius 3 is 2.80 bits per heavy atom. The largest absolute Gasteiger partial charge is 0.469 e. The van der Waals surface area contributed by atoms with Gasteiger partial charge < -0.3 is 8.98 Å². The van der Waals surface area contributed by atoms with Crippen LogP contribution in [0.25, 0.3) is 11.4 Å². The van der Waals surface area contributed by atoms with Crippen LogP contribution in [-0.4, -0.2) is 36.6 Å². The minimum atomic E-state index is -0.143. The van der Waals surface area contributed by atoms with E-state index in [-0.39, 0.29) is 11.7 Å². The van der Waals surface area contributed by atoms with Crippen LogP contribution < -0.4 is 5.32 Å². The van der Waals surface area contributed by atoms with E-state index in [4.69, 9.17) is 4.42 Å². The Balaban J connectivity index is 1.66. The zero-order valence-corrected chi connectivity index (χ0v) is 15.8. The van der Waals surface area contributed by atoms with Crippen molar-refractivity contribution in [3.05, 3.63) is 23.1 Å². The fraction of sp³-hybridized carbons (Fsp3) is 0.400. The molecule has 8 nitrogen and oxygen atoms in total.